The lowest BCUT2D eigenvalue weighted by Gasteiger charge is -1.99. The Bertz CT molecular complexity index is 498. The molecule has 2 nitrogen and oxygen atoms in total. The van der Waals surface area contributed by atoms with Crippen molar-refractivity contribution in [2.24, 2.45) is 0 Å². The van der Waals surface area contributed by atoms with E-state index in [4.69, 9.17) is 11.6 Å². The number of benzene rings is 1. The summed E-state index contributed by atoms with van der Waals surface area (Å²) in [4.78, 5) is 11.6. The number of nitrogens with zero attached hydrogens (tertiary/aromatic N) is 1. The van der Waals surface area contributed by atoms with Gasteiger partial charge in [-0.25, -0.2) is 3.96 Å². The fourth-order valence-corrected chi connectivity index (χ4v) is 2.12. The third-order valence-corrected chi connectivity index (χ3v) is 3.22. The molecule has 0 fully saturated rings. The van der Waals surface area contributed by atoms with Crippen molar-refractivity contribution in [2.75, 3.05) is 0 Å². The Kier molecular flexibility index (Phi) is 2.44. The van der Waals surface area contributed by atoms with Crippen molar-refractivity contribution in [3.05, 3.63) is 50.6 Å². The average Bonchev–Trinajstić information content (AvgIpc) is 2.50. The number of hydrogen-bond donors (Lipinski definition) is 0. The first-order valence-electron chi connectivity index (χ1n) is 4.12. The topological polar surface area (TPSA) is 22.0 Å². The summed E-state index contributed by atoms with van der Waals surface area (Å²) >= 11 is 7.16. The lowest BCUT2D eigenvalue weighted by atomic mass is 10.3. The molecule has 1 aromatic heterocycles. The summed E-state index contributed by atoms with van der Waals surface area (Å²) in [5, 5.41) is 2.52. The molecule has 72 valence electrons. The third kappa shape index (κ3) is 1.61. The molecular formula is C10H8ClNOS. The predicted molar refractivity (Wildman–Crippen MR) is 59.7 cm³/mol. The molecule has 14 heavy (non-hydrogen) atoms. The van der Waals surface area contributed by atoms with E-state index in [9.17, 15) is 4.79 Å². The molecule has 0 radical (unpaired) electrons. The maximum Gasteiger partial charge on any atom is 0.268 e. The van der Waals surface area contributed by atoms with Crippen molar-refractivity contribution < 1.29 is 0 Å². The first kappa shape index (κ1) is 9.49. The average molecular weight is 226 g/mol. The van der Waals surface area contributed by atoms with E-state index < -0.39 is 0 Å². The second kappa shape index (κ2) is 3.59. The van der Waals surface area contributed by atoms with Gasteiger partial charge in [-0.1, -0.05) is 23.1 Å². The highest BCUT2D eigenvalue weighted by Gasteiger charge is 2.03. The van der Waals surface area contributed by atoms with E-state index in [-0.39, 0.29) is 5.56 Å². The number of halogens is 1. The highest BCUT2D eigenvalue weighted by Crippen LogP contribution is 2.14. The molecule has 0 N–H and O–H groups in total. The molecule has 2 aromatic rings. The van der Waals surface area contributed by atoms with E-state index in [1.165, 1.54) is 11.5 Å². The quantitative estimate of drug-likeness (QED) is 0.732. The molecule has 1 heterocycles. The largest absolute Gasteiger partial charge is 0.268 e. The molecule has 0 spiro atoms. The van der Waals surface area contributed by atoms with Crippen molar-refractivity contribution in [1.82, 2.24) is 3.96 Å². The molecule has 0 aliphatic rings. The van der Waals surface area contributed by atoms with Gasteiger partial charge < -0.3 is 0 Å². The van der Waals surface area contributed by atoms with Crippen LogP contribution in [-0.4, -0.2) is 3.96 Å². The molecule has 1 aromatic carbocycles. The molecule has 0 atom stereocenters. The van der Waals surface area contributed by atoms with Crippen molar-refractivity contribution in [1.29, 1.82) is 0 Å². The highest BCUT2D eigenvalue weighted by molar-refractivity contribution is 7.04. The van der Waals surface area contributed by atoms with Crippen LogP contribution in [0, 0.1) is 6.92 Å². The smallest absolute Gasteiger partial charge is 0.268 e. The molecule has 0 saturated heterocycles. The summed E-state index contributed by atoms with van der Waals surface area (Å²) in [5.41, 5.74) is 1.67. The predicted octanol–water partition coefficient (Wildman–Crippen LogP) is 2.86. The number of hydrogen-bond acceptors (Lipinski definition) is 2. The Hall–Kier alpha value is -1.06. The Morgan fingerprint density at radius 2 is 1.93 bits per heavy atom. The highest BCUT2D eigenvalue weighted by atomic mass is 35.5. The fraction of sp³-hybridized carbons (Fsp3) is 0.100. The van der Waals surface area contributed by atoms with Crippen LogP contribution in [0.15, 0.2) is 34.4 Å². The molecule has 4 heteroatoms. The molecule has 0 bridgehead atoms. The van der Waals surface area contributed by atoms with Crippen LogP contribution in [0.4, 0.5) is 0 Å². The molecule has 0 aliphatic heterocycles. The number of rotatable bonds is 1. The lowest BCUT2D eigenvalue weighted by molar-refractivity contribution is 1.11. The summed E-state index contributed by atoms with van der Waals surface area (Å²) in [7, 11) is 0. The van der Waals surface area contributed by atoms with Crippen LogP contribution in [0.3, 0.4) is 0 Å². The summed E-state index contributed by atoms with van der Waals surface area (Å²) in [6.07, 6.45) is 0. The zero-order valence-electron chi connectivity index (χ0n) is 7.53. The first-order valence-corrected chi connectivity index (χ1v) is 5.33. The van der Waals surface area contributed by atoms with Crippen LogP contribution >= 0.6 is 23.1 Å². The van der Waals surface area contributed by atoms with Crippen molar-refractivity contribution in [3.8, 4) is 5.69 Å². The lowest BCUT2D eigenvalue weighted by Crippen LogP contribution is -2.12. The maximum absolute atomic E-state index is 11.6. The van der Waals surface area contributed by atoms with E-state index in [2.05, 4.69) is 0 Å². The van der Waals surface area contributed by atoms with Gasteiger partial charge in [0.1, 0.15) is 0 Å². The van der Waals surface area contributed by atoms with Crippen molar-refractivity contribution in [3.63, 3.8) is 0 Å². The van der Waals surface area contributed by atoms with E-state index in [0.717, 1.165) is 11.3 Å². The van der Waals surface area contributed by atoms with Gasteiger partial charge in [-0.05, 0) is 31.2 Å². The summed E-state index contributed by atoms with van der Waals surface area (Å²) in [5.74, 6) is 0. The number of aryl methyl sites for hydroxylation is 1. The van der Waals surface area contributed by atoms with Gasteiger partial charge in [0.15, 0.2) is 0 Å². The van der Waals surface area contributed by atoms with E-state index >= 15 is 0 Å². The second-order valence-corrected chi connectivity index (χ2v) is 4.23. The normalized spacial score (nSPS) is 10.4. The maximum atomic E-state index is 11.6. The van der Waals surface area contributed by atoms with Crippen molar-refractivity contribution in [2.45, 2.75) is 6.92 Å². The molecule has 0 aliphatic carbocycles. The Morgan fingerprint density at radius 3 is 2.43 bits per heavy atom. The minimum atomic E-state index is 0.0392. The minimum Gasteiger partial charge on any atom is -0.268 e. The standard InChI is InChI=1S/C10H8ClNOS/c1-7-6-14-12(10(7)13)9-4-2-8(11)3-5-9/h2-6H,1H3. The zero-order valence-corrected chi connectivity index (χ0v) is 9.10. The van der Waals surface area contributed by atoms with E-state index in [1.54, 1.807) is 16.1 Å². The Balaban J connectivity index is 2.55. The molecule has 0 amide bonds. The zero-order chi connectivity index (χ0) is 10.1. The second-order valence-electron chi connectivity index (χ2n) is 2.98. The van der Waals surface area contributed by atoms with Gasteiger partial charge in [-0.2, -0.15) is 0 Å². The summed E-state index contributed by atoms with van der Waals surface area (Å²) in [6.45, 7) is 1.81. The van der Waals surface area contributed by atoms with Gasteiger partial charge in [0.25, 0.3) is 5.56 Å². The van der Waals surface area contributed by atoms with Gasteiger partial charge >= 0.3 is 0 Å². The van der Waals surface area contributed by atoms with Crippen LogP contribution in [0.1, 0.15) is 5.56 Å². The number of aromatic nitrogens is 1. The SMILES string of the molecule is Cc1csn(-c2ccc(Cl)cc2)c1=O. The fourth-order valence-electron chi connectivity index (χ4n) is 1.14. The summed E-state index contributed by atoms with van der Waals surface area (Å²) < 4.78 is 1.64. The molecule has 0 unspecified atom stereocenters. The third-order valence-electron chi connectivity index (χ3n) is 1.92. The summed E-state index contributed by atoms with van der Waals surface area (Å²) in [6, 6.07) is 7.22. The monoisotopic (exact) mass is 225 g/mol. The van der Waals surface area contributed by atoms with Gasteiger partial charge in [0, 0.05) is 16.0 Å². The van der Waals surface area contributed by atoms with Crippen LogP contribution in [-0.2, 0) is 0 Å². The van der Waals surface area contributed by atoms with E-state index in [0.29, 0.717) is 5.02 Å². The van der Waals surface area contributed by atoms with Crippen LogP contribution in [0.5, 0.6) is 0 Å². The van der Waals surface area contributed by atoms with Crippen LogP contribution in [0.25, 0.3) is 5.69 Å². The van der Waals surface area contributed by atoms with Crippen molar-refractivity contribution >= 4 is 23.1 Å². The Morgan fingerprint density at radius 1 is 1.29 bits per heavy atom. The van der Waals surface area contributed by atoms with Gasteiger partial charge in [-0.15, -0.1) is 0 Å². The molecule has 0 saturated carbocycles. The Labute approximate surface area is 90.5 Å². The molecular weight excluding hydrogens is 218 g/mol. The minimum absolute atomic E-state index is 0.0392. The van der Waals surface area contributed by atoms with Crippen LogP contribution in [0.2, 0.25) is 5.02 Å². The van der Waals surface area contributed by atoms with Gasteiger partial charge in [0.05, 0.1) is 5.69 Å². The molecule has 2 rings (SSSR count). The van der Waals surface area contributed by atoms with E-state index in [1.807, 2.05) is 24.4 Å². The first-order chi connectivity index (χ1) is 6.68. The van der Waals surface area contributed by atoms with Crippen LogP contribution < -0.4 is 5.56 Å². The van der Waals surface area contributed by atoms with Gasteiger partial charge in [-0.3, -0.25) is 4.79 Å². The van der Waals surface area contributed by atoms with Gasteiger partial charge in [0.2, 0.25) is 0 Å².